The molecule has 0 bridgehead atoms. The zero-order chi connectivity index (χ0) is 15.6. The van der Waals surface area contributed by atoms with Gasteiger partial charge in [0.25, 0.3) is 0 Å². The zero-order valence-corrected chi connectivity index (χ0v) is 12.6. The molecule has 0 aliphatic carbocycles. The molecule has 0 aromatic heterocycles. The van der Waals surface area contributed by atoms with E-state index in [4.69, 9.17) is 0 Å². The lowest BCUT2D eigenvalue weighted by Gasteiger charge is -2.23. The number of benzene rings is 2. The fourth-order valence-corrected chi connectivity index (χ4v) is 3.18. The molecule has 0 aliphatic rings. The van der Waals surface area contributed by atoms with E-state index in [1.165, 1.54) is 18.2 Å². The smallest absolute Gasteiger partial charge is 0.352 e. The molecular weight excluding hydrogens is 292 g/mol. The average Bonchev–Trinajstić information content (AvgIpc) is 2.35. The fraction of sp³-hybridized carbons (Fsp3) is 0.200. The lowest BCUT2D eigenvalue weighted by molar-refractivity contribution is 0.363. The summed E-state index contributed by atoms with van der Waals surface area (Å²) in [6.07, 6.45) is 0. The van der Waals surface area contributed by atoms with Crippen molar-refractivity contribution in [1.29, 1.82) is 0 Å². The van der Waals surface area contributed by atoms with Crippen molar-refractivity contribution in [3.05, 3.63) is 65.0 Å². The van der Waals surface area contributed by atoms with Crippen LogP contribution in [0.15, 0.2) is 42.5 Å². The SMILES string of the molecule is Cc1ccc([C@@H](Nc2cccc(F)c2)P(=O)(O)O)c(C)c1. The molecule has 2 aromatic carbocycles. The van der Waals surface area contributed by atoms with Gasteiger partial charge in [-0.15, -0.1) is 0 Å². The van der Waals surface area contributed by atoms with E-state index in [1.54, 1.807) is 25.1 Å². The van der Waals surface area contributed by atoms with Gasteiger partial charge in [0.1, 0.15) is 5.82 Å². The minimum absolute atomic E-state index is 0.322. The van der Waals surface area contributed by atoms with Gasteiger partial charge in [0.2, 0.25) is 0 Å². The predicted octanol–water partition coefficient (Wildman–Crippen LogP) is 3.73. The van der Waals surface area contributed by atoms with Gasteiger partial charge in [0, 0.05) is 5.69 Å². The molecule has 0 saturated carbocycles. The molecule has 2 rings (SSSR count). The third-order valence-electron chi connectivity index (χ3n) is 3.18. The lowest BCUT2D eigenvalue weighted by atomic mass is 10.1. The van der Waals surface area contributed by atoms with Crippen LogP contribution in [0, 0.1) is 19.7 Å². The Morgan fingerprint density at radius 2 is 1.86 bits per heavy atom. The van der Waals surface area contributed by atoms with E-state index in [2.05, 4.69) is 5.32 Å². The van der Waals surface area contributed by atoms with Crippen molar-refractivity contribution in [3.63, 3.8) is 0 Å². The van der Waals surface area contributed by atoms with Gasteiger partial charge in [0.15, 0.2) is 5.78 Å². The normalized spacial score (nSPS) is 13.0. The Labute approximate surface area is 122 Å². The summed E-state index contributed by atoms with van der Waals surface area (Å²) < 4.78 is 25.0. The monoisotopic (exact) mass is 309 g/mol. The summed E-state index contributed by atoms with van der Waals surface area (Å²) in [4.78, 5) is 19.2. The molecule has 4 nitrogen and oxygen atoms in total. The van der Waals surface area contributed by atoms with Crippen LogP contribution in [0.5, 0.6) is 0 Å². The summed E-state index contributed by atoms with van der Waals surface area (Å²) in [6.45, 7) is 3.70. The quantitative estimate of drug-likeness (QED) is 0.753. The second-order valence-corrected chi connectivity index (χ2v) is 6.70. The number of hydrogen-bond acceptors (Lipinski definition) is 2. The van der Waals surface area contributed by atoms with Gasteiger partial charge in [-0.05, 0) is 43.2 Å². The molecule has 0 amide bonds. The van der Waals surface area contributed by atoms with Crippen molar-refractivity contribution in [2.45, 2.75) is 19.6 Å². The van der Waals surface area contributed by atoms with Crippen molar-refractivity contribution in [3.8, 4) is 0 Å². The molecule has 0 saturated heterocycles. The van der Waals surface area contributed by atoms with Crippen LogP contribution in [0.1, 0.15) is 22.5 Å². The molecule has 0 unspecified atom stereocenters. The summed E-state index contributed by atoms with van der Waals surface area (Å²) in [5, 5.41) is 2.73. The minimum Gasteiger partial charge on any atom is -0.368 e. The molecule has 0 radical (unpaired) electrons. The topological polar surface area (TPSA) is 69.6 Å². The summed E-state index contributed by atoms with van der Waals surface area (Å²) in [6, 6.07) is 10.8. The fourth-order valence-electron chi connectivity index (χ4n) is 2.21. The summed E-state index contributed by atoms with van der Waals surface area (Å²) in [7, 11) is -4.45. The first-order valence-electron chi connectivity index (χ1n) is 6.42. The third-order valence-corrected chi connectivity index (χ3v) is 4.26. The van der Waals surface area contributed by atoms with Crippen molar-refractivity contribution < 1.29 is 18.7 Å². The maximum Gasteiger partial charge on any atom is 0.352 e. The number of aryl methyl sites for hydroxylation is 2. The Kier molecular flexibility index (Phi) is 4.47. The van der Waals surface area contributed by atoms with Crippen molar-refractivity contribution >= 4 is 13.3 Å². The van der Waals surface area contributed by atoms with E-state index in [0.717, 1.165) is 11.1 Å². The third kappa shape index (κ3) is 3.91. The molecule has 21 heavy (non-hydrogen) atoms. The van der Waals surface area contributed by atoms with E-state index >= 15 is 0 Å². The maximum absolute atomic E-state index is 13.2. The molecule has 0 heterocycles. The number of rotatable bonds is 4. The number of nitrogens with one attached hydrogen (secondary N) is 1. The first-order chi connectivity index (χ1) is 9.77. The molecule has 0 aliphatic heterocycles. The van der Waals surface area contributed by atoms with Crippen LogP contribution in [0.2, 0.25) is 0 Å². The van der Waals surface area contributed by atoms with Crippen LogP contribution in [0.4, 0.5) is 10.1 Å². The van der Waals surface area contributed by atoms with E-state index in [-0.39, 0.29) is 0 Å². The van der Waals surface area contributed by atoms with E-state index in [1.807, 2.05) is 13.0 Å². The van der Waals surface area contributed by atoms with Crippen molar-refractivity contribution in [2.24, 2.45) is 0 Å². The largest absolute Gasteiger partial charge is 0.368 e. The van der Waals surface area contributed by atoms with E-state index < -0.39 is 19.2 Å². The van der Waals surface area contributed by atoms with E-state index in [9.17, 15) is 18.7 Å². The molecule has 2 aromatic rings. The van der Waals surface area contributed by atoms with Crippen LogP contribution in [-0.2, 0) is 4.57 Å². The van der Waals surface area contributed by atoms with Crippen molar-refractivity contribution in [2.75, 3.05) is 5.32 Å². The van der Waals surface area contributed by atoms with Gasteiger partial charge in [-0.25, -0.2) is 4.39 Å². The van der Waals surface area contributed by atoms with E-state index in [0.29, 0.717) is 11.3 Å². The van der Waals surface area contributed by atoms with Gasteiger partial charge < -0.3 is 15.1 Å². The molecule has 1 atom stereocenters. The molecule has 6 heteroatoms. The minimum atomic E-state index is -4.45. The Hall–Kier alpha value is -1.68. The van der Waals surface area contributed by atoms with Crippen LogP contribution in [0.25, 0.3) is 0 Å². The molecule has 3 N–H and O–H groups in total. The lowest BCUT2D eigenvalue weighted by Crippen LogP contribution is -2.13. The Morgan fingerprint density at radius 1 is 1.14 bits per heavy atom. The molecule has 0 fully saturated rings. The van der Waals surface area contributed by atoms with Gasteiger partial charge in [0.05, 0.1) is 0 Å². The highest BCUT2D eigenvalue weighted by atomic mass is 31.2. The zero-order valence-electron chi connectivity index (χ0n) is 11.7. The number of halogens is 1. The van der Waals surface area contributed by atoms with Gasteiger partial charge >= 0.3 is 7.60 Å². The second kappa shape index (κ2) is 5.98. The van der Waals surface area contributed by atoms with Gasteiger partial charge in [-0.1, -0.05) is 29.8 Å². The van der Waals surface area contributed by atoms with Gasteiger partial charge in [-0.3, -0.25) is 4.57 Å². The Bertz CT molecular complexity index is 699. The molecule has 0 spiro atoms. The highest BCUT2D eigenvalue weighted by Crippen LogP contribution is 2.52. The molecule has 112 valence electrons. The summed E-state index contributed by atoms with van der Waals surface area (Å²) in [5.41, 5.74) is 2.60. The maximum atomic E-state index is 13.2. The summed E-state index contributed by atoms with van der Waals surface area (Å²) in [5.74, 6) is -1.68. The van der Waals surface area contributed by atoms with Crippen LogP contribution in [0.3, 0.4) is 0 Å². The van der Waals surface area contributed by atoms with Crippen LogP contribution < -0.4 is 5.32 Å². The van der Waals surface area contributed by atoms with Gasteiger partial charge in [-0.2, -0.15) is 0 Å². The second-order valence-electron chi connectivity index (χ2n) is 5.01. The first-order valence-corrected chi connectivity index (χ1v) is 8.10. The van der Waals surface area contributed by atoms with Crippen LogP contribution >= 0.6 is 7.60 Å². The first kappa shape index (κ1) is 15.7. The number of hydrogen-bond donors (Lipinski definition) is 3. The van der Waals surface area contributed by atoms with Crippen LogP contribution in [-0.4, -0.2) is 9.79 Å². The molecular formula is C15H17FNO3P. The number of anilines is 1. The summed E-state index contributed by atoms with van der Waals surface area (Å²) >= 11 is 0. The predicted molar refractivity (Wildman–Crippen MR) is 80.7 cm³/mol. The Balaban J connectivity index is 2.42. The van der Waals surface area contributed by atoms with Crippen molar-refractivity contribution in [1.82, 2.24) is 0 Å². The average molecular weight is 309 g/mol. The highest BCUT2D eigenvalue weighted by molar-refractivity contribution is 7.52. The Morgan fingerprint density at radius 3 is 2.43 bits per heavy atom. The standard InChI is InChI=1S/C15H17FNO3P/c1-10-6-7-14(11(2)8-10)15(21(18,19)20)17-13-5-3-4-12(16)9-13/h3-9,15,17H,1-2H3,(H2,18,19,20)/t15-/m0/s1. The highest BCUT2D eigenvalue weighted by Gasteiger charge is 2.31.